The van der Waals surface area contributed by atoms with Gasteiger partial charge >= 0.3 is 11.8 Å². The van der Waals surface area contributed by atoms with E-state index in [1.807, 2.05) is 27.7 Å². The van der Waals surface area contributed by atoms with Gasteiger partial charge in [0, 0.05) is 12.6 Å². The predicted octanol–water partition coefficient (Wildman–Crippen LogP) is 2.59. The van der Waals surface area contributed by atoms with E-state index < -0.39 is 17.3 Å². The van der Waals surface area contributed by atoms with Crippen molar-refractivity contribution in [1.82, 2.24) is 9.55 Å². The van der Waals surface area contributed by atoms with Crippen LogP contribution in [0.4, 0.5) is 10.6 Å². The second-order valence-electron chi connectivity index (χ2n) is 6.26. The van der Waals surface area contributed by atoms with Crippen LogP contribution in [0, 0.1) is 5.41 Å². The van der Waals surface area contributed by atoms with Crippen LogP contribution in [0.2, 0.25) is 5.15 Å². The van der Waals surface area contributed by atoms with Gasteiger partial charge < -0.3 is 5.11 Å². The summed E-state index contributed by atoms with van der Waals surface area (Å²) in [5.41, 5.74) is -1.44. The molecule has 0 spiro atoms. The third-order valence-corrected chi connectivity index (χ3v) is 4.50. The summed E-state index contributed by atoms with van der Waals surface area (Å²) < 4.78 is 1.35. The molecular weight excluding hydrogens is 282 g/mol. The number of hydrogen-bond acceptors (Lipinski definition) is 3. The van der Waals surface area contributed by atoms with E-state index >= 15 is 0 Å². The number of hydrogen-bond donors (Lipinski definition) is 1. The fourth-order valence-corrected chi connectivity index (χ4v) is 2.75. The van der Waals surface area contributed by atoms with Crippen LogP contribution in [-0.4, -0.2) is 26.3 Å². The topological polar surface area (TPSA) is 75.4 Å². The summed E-state index contributed by atoms with van der Waals surface area (Å²) in [6.45, 7) is 8.28. The predicted molar refractivity (Wildman–Crippen MR) is 76.5 cm³/mol. The first kappa shape index (κ1) is 14.8. The second-order valence-corrected chi connectivity index (χ2v) is 6.65. The van der Waals surface area contributed by atoms with Gasteiger partial charge in [0.15, 0.2) is 0 Å². The lowest BCUT2D eigenvalue weighted by Crippen LogP contribution is -2.61. The van der Waals surface area contributed by atoms with Crippen LogP contribution in [0.5, 0.6) is 0 Å². The number of amides is 1. The summed E-state index contributed by atoms with van der Waals surface area (Å²) in [4.78, 5) is 28.5. The highest BCUT2D eigenvalue weighted by Gasteiger charge is 2.49. The molecule has 1 aromatic rings. The third-order valence-electron chi connectivity index (χ3n) is 4.31. The van der Waals surface area contributed by atoms with Crippen molar-refractivity contribution >= 4 is 23.5 Å². The van der Waals surface area contributed by atoms with Crippen LogP contribution < -0.4 is 10.6 Å². The first-order chi connectivity index (χ1) is 9.08. The van der Waals surface area contributed by atoms with Gasteiger partial charge in [-0.3, -0.25) is 9.47 Å². The maximum absolute atomic E-state index is 11.9. The number of carboxylic acid groups (broad SMARTS) is 1. The zero-order valence-corrected chi connectivity index (χ0v) is 12.7. The van der Waals surface area contributed by atoms with E-state index in [0.717, 1.165) is 0 Å². The normalized spacial score (nSPS) is 22.6. The second kappa shape index (κ2) is 4.48. The average molecular weight is 300 g/mol. The van der Waals surface area contributed by atoms with E-state index in [0.29, 0.717) is 13.0 Å². The van der Waals surface area contributed by atoms with Crippen molar-refractivity contribution < 1.29 is 9.90 Å². The lowest BCUT2D eigenvalue weighted by atomic mass is 9.71. The van der Waals surface area contributed by atoms with Gasteiger partial charge in [0.2, 0.25) is 0 Å². The summed E-state index contributed by atoms with van der Waals surface area (Å²) in [5.74, 6) is 0.283. The molecule has 2 heterocycles. The summed E-state index contributed by atoms with van der Waals surface area (Å²) >= 11 is 5.82. The summed E-state index contributed by atoms with van der Waals surface area (Å²) in [6.07, 6.45) is -0.559. The molecule has 0 fully saturated rings. The van der Waals surface area contributed by atoms with Crippen molar-refractivity contribution in [1.29, 1.82) is 0 Å². The van der Waals surface area contributed by atoms with Crippen molar-refractivity contribution in [2.24, 2.45) is 5.41 Å². The Kier molecular flexibility index (Phi) is 3.32. The highest BCUT2D eigenvalue weighted by atomic mass is 35.5. The molecule has 20 heavy (non-hydrogen) atoms. The fourth-order valence-electron chi connectivity index (χ4n) is 2.58. The zero-order chi connectivity index (χ0) is 15.3. The molecule has 1 N–H and O–H groups in total. The Bertz CT molecular complexity index is 620. The molecule has 6 nitrogen and oxygen atoms in total. The lowest BCUT2D eigenvalue weighted by molar-refractivity contribution is 0.136. The van der Waals surface area contributed by atoms with Crippen LogP contribution in [0.25, 0.3) is 0 Å². The van der Waals surface area contributed by atoms with Gasteiger partial charge in [0.1, 0.15) is 11.0 Å². The van der Waals surface area contributed by atoms with Crippen molar-refractivity contribution in [3.8, 4) is 0 Å². The number of halogens is 1. The molecule has 0 unspecified atom stereocenters. The first-order valence-electron chi connectivity index (χ1n) is 6.38. The van der Waals surface area contributed by atoms with Crippen LogP contribution in [0.3, 0.4) is 0 Å². The molecule has 0 aliphatic carbocycles. The Morgan fingerprint density at radius 3 is 2.60 bits per heavy atom. The Morgan fingerprint density at radius 2 is 2.10 bits per heavy atom. The molecule has 110 valence electrons. The van der Waals surface area contributed by atoms with Crippen molar-refractivity contribution in [3.05, 3.63) is 21.7 Å². The van der Waals surface area contributed by atoms with Crippen LogP contribution in [0.15, 0.2) is 10.9 Å². The standard InChI is InChI=1S/C13H18ClN3O3/c1-12(2,3)13(4)5-6-16-9(17(13)11(19)20)7-8(14)15-10(16)18/h7H,5-6H2,1-4H3,(H,19,20)/t13-/m1/s1. The van der Waals surface area contributed by atoms with Gasteiger partial charge in [-0.2, -0.15) is 4.98 Å². The lowest BCUT2D eigenvalue weighted by Gasteiger charge is -2.51. The Hall–Kier alpha value is -1.56. The minimum Gasteiger partial charge on any atom is -0.465 e. The first-order valence-corrected chi connectivity index (χ1v) is 6.76. The van der Waals surface area contributed by atoms with E-state index in [2.05, 4.69) is 4.98 Å². The zero-order valence-electron chi connectivity index (χ0n) is 12.0. The molecule has 1 aliphatic heterocycles. The van der Waals surface area contributed by atoms with E-state index in [4.69, 9.17) is 11.6 Å². The van der Waals surface area contributed by atoms with Gasteiger partial charge in [-0.05, 0) is 18.8 Å². The maximum atomic E-state index is 11.9. The number of anilines is 1. The highest BCUT2D eigenvalue weighted by molar-refractivity contribution is 6.29. The number of nitrogens with zero attached hydrogens (tertiary/aromatic N) is 3. The van der Waals surface area contributed by atoms with E-state index in [-0.39, 0.29) is 16.4 Å². The molecule has 7 heteroatoms. The fraction of sp³-hybridized carbons (Fsp3) is 0.615. The number of aromatic nitrogens is 2. The molecule has 0 saturated heterocycles. The minimum absolute atomic E-state index is 0.00524. The van der Waals surface area contributed by atoms with Gasteiger partial charge in [-0.1, -0.05) is 32.4 Å². The molecule has 1 amide bonds. The molecular formula is C13H18ClN3O3. The van der Waals surface area contributed by atoms with Crippen molar-refractivity contribution in [2.75, 3.05) is 4.90 Å². The maximum Gasteiger partial charge on any atom is 0.413 e. The largest absolute Gasteiger partial charge is 0.465 e. The van der Waals surface area contributed by atoms with Gasteiger partial charge in [0.25, 0.3) is 0 Å². The van der Waals surface area contributed by atoms with Crippen molar-refractivity contribution in [3.63, 3.8) is 0 Å². The third kappa shape index (κ3) is 2.08. The van der Waals surface area contributed by atoms with Crippen molar-refractivity contribution in [2.45, 2.75) is 46.2 Å². The Balaban J connectivity index is 2.72. The Labute approximate surface area is 122 Å². The number of rotatable bonds is 0. The van der Waals surface area contributed by atoms with Crippen LogP contribution in [0.1, 0.15) is 34.1 Å². The Morgan fingerprint density at radius 1 is 1.50 bits per heavy atom. The summed E-state index contributed by atoms with van der Waals surface area (Å²) in [7, 11) is 0. The molecule has 0 aromatic carbocycles. The van der Waals surface area contributed by atoms with Gasteiger partial charge in [-0.15, -0.1) is 0 Å². The number of fused-ring (bicyclic) bond motifs is 1. The van der Waals surface area contributed by atoms with Gasteiger partial charge in [-0.25, -0.2) is 9.59 Å². The SMILES string of the molecule is CC(C)(C)[C@@]1(C)CCn2c(cc(Cl)nc2=O)N1C(=O)O. The molecule has 1 aliphatic rings. The monoisotopic (exact) mass is 299 g/mol. The van der Waals surface area contributed by atoms with Gasteiger partial charge in [0.05, 0.1) is 5.54 Å². The molecule has 0 radical (unpaired) electrons. The highest BCUT2D eigenvalue weighted by Crippen LogP contribution is 2.43. The summed E-state index contributed by atoms with van der Waals surface area (Å²) in [6, 6.07) is 1.43. The molecule has 0 saturated carbocycles. The molecule has 2 rings (SSSR count). The molecule has 1 aromatic heterocycles. The van der Waals surface area contributed by atoms with E-state index in [9.17, 15) is 14.7 Å². The molecule has 0 bridgehead atoms. The van der Waals surface area contributed by atoms with E-state index in [1.165, 1.54) is 15.5 Å². The van der Waals surface area contributed by atoms with E-state index in [1.54, 1.807) is 0 Å². The number of carbonyl (C=O) groups is 1. The van der Waals surface area contributed by atoms with Crippen LogP contribution in [-0.2, 0) is 6.54 Å². The average Bonchev–Trinajstić information content (AvgIpc) is 2.25. The smallest absolute Gasteiger partial charge is 0.413 e. The van der Waals surface area contributed by atoms with Crippen LogP contribution >= 0.6 is 11.6 Å². The minimum atomic E-state index is -1.10. The molecule has 1 atom stereocenters. The summed E-state index contributed by atoms with van der Waals surface area (Å²) in [5, 5.41) is 9.62. The quantitative estimate of drug-likeness (QED) is 0.747.